The van der Waals surface area contributed by atoms with Crippen molar-refractivity contribution >= 4 is 0 Å². The van der Waals surface area contributed by atoms with Gasteiger partial charge in [-0.25, -0.2) is 4.98 Å². The zero-order chi connectivity index (χ0) is 13.7. The zero-order valence-corrected chi connectivity index (χ0v) is 11.5. The van der Waals surface area contributed by atoms with Crippen molar-refractivity contribution < 1.29 is 4.74 Å². The fourth-order valence-electron chi connectivity index (χ4n) is 2.90. The summed E-state index contributed by atoms with van der Waals surface area (Å²) in [4.78, 5) is 19.0. The highest BCUT2D eigenvalue weighted by Crippen LogP contribution is 2.34. The van der Waals surface area contributed by atoms with Crippen LogP contribution in [0.3, 0.4) is 0 Å². The fraction of sp³-hybridized carbons (Fsp3) is 0.714. The van der Waals surface area contributed by atoms with Crippen LogP contribution in [0, 0.1) is 5.92 Å². The minimum absolute atomic E-state index is 0.106. The summed E-state index contributed by atoms with van der Waals surface area (Å²) < 4.78 is 5.60. The van der Waals surface area contributed by atoms with Crippen molar-refractivity contribution in [1.29, 1.82) is 0 Å². The lowest BCUT2D eigenvalue weighted by atomic mass is 9.85. The first-order chi connectivity index (χ1) is 9.24. The number of nitrogens with zero attached hydrogens (tertiary/aromatic N) is 1. The van der Waals surface area contributed by atoms with Gasteiger partial charge in [-0.2, -0.15) is 0 Å². The molecule has 0 spiro atoms. The van der Waals surface area contributed by atoms with E-state index in [9.17, 15) is 4.79 Å². The molecule has 1 aromatic rings. The second-order valence-corrected chi connectivity index (χ2v) is 5.22. The lowest BCUT2D eigenvalue weighted by molar-refractivity contribution is 0.0286. The summed E-state index contributed by atoms with van der Waals surface area (Å²) in [6.45, 7) is 0.497. The van der Waals surface area contributed by atoms with Crippen molar-refractivity contribution in [3.05, 3.63) is 27.9 Å². The summed E-state index contributed by atoms with van der Waals surface area (Å²) in [5.41, 5.74) is 6.16. The molecule has 0 radical (unpaired) electrons. The highest BCUT2D eigenvalue weighted by molar-refractivity contribution is 5.06. The van der Waals surface area contributed by atoms with Crippen LogP contribution >= 0.6 is 0 Å². The Hall–Kier alpha value is -1.20. The third kappa shape index (κ3) is 3.64. The van der Waals surface area contributed by atoms with Gasteiger partial charge in [0.15, 0.2) is 0 Å². The Balaban J connectivity index is 2.23. The maximum Gasteiger partial charge on any atom is 0.251 e. The van der Waals surface area contributed by atoms with E-state index in [-0.39, 0.29) is 11.7 Å². The van der Waals surface area contributed by atoms with Crippen LogP contribution in [0.15, 0.2) is 10.9 Å². The Morgan fingerprint density at radius 1 is 1.47 bits per heavy atom. The Bertz CT molecular complexity index is 452. The Morgan fingerprint density at radius 3 is 2.84 bits per heavy atom. The molecule has 5 heteroatoms. The van der Waals surface area contributed by atoms with Crippen molar-refractivity contribution in [1.82, 2.24) is 9.97 Å². The molecule has 1 fully saturated rings. The Morgan fingerprint density at radius 2 is 2.21 bits per heavy atom. The molecule has 106 valence electrons. The highest BCUT2D eigenvalue weighted by Gasteiger charge is 2.27. The second-order valence-electron chi connectivity index (χ2n) is 5.22. The van der Waals surface area contributed by atoms with Crippen LogP contribution in [-0.4, -0.2) is 23.6 Å². The molecule has 1 aliphatic rings. The molecule has 3 N–H and O–H groups in total. The third-order valence-corrected chi connectivity index (χ3v) is 3.81. The van der Waals surface area contributed by atoms with Gasteiger partial charge in [-0.15, -0.1) is 0 Å². The van der Waals surface area contributed by atoms with E-state index < -0.39 is 0 Å². The van der Waals surface area contributed by atoms with Crippen LogP contribution < -0.4 is 11.3 Å². The Labute approximate surface area is 113 Å². The van der Waals surface area contributed by atoms with Crippen molar-refractivity contribution in [2.75, 3.05) is 13.7 Å². The van der Waals surface area contributed by atoms with Crippen molar-refractivity contribution in [3.8, 4) is 0 Å². The number of aromatic nitrogens is 2. The number of rotatable bonds is 5. The van der Waals surface area contributed by atoms with Gasteiger partial charge in [-0.3, -0.25) is 4.79 Å². The van der Waals surface area contributed by atoms with Gasteiger partial charge in [0, 0.05) is 25.3 Å². The molecule has 0 saturated heterocycles. The molecule has 0 bridgehead atoms. The van der Waals surface area contributed by atoms with Gasteiger partial charge >= 0.3 is 0 Å². The van der Waals surface area contributed by atoms with E-state index in [1.165, 1.54) is 25.3 Å². The van der Waals surface area contributed by atoms with Crippen LogP contribution in [0.1, 0.15) is 49.7 Å². The van der Waals surface area contributed by atoms with Gasteiger partial charge in [0.05, 0.1) is 0 Å². The summed E-state index contributed by atoms with van der Waals surface area (Å²) in [5, 5.41) is 0. The molecule has 0 aromatic carbocycles. The maximum absolute atomic E-state index is 11.7. The highest BCUT2D eigenvalue weighted by atomic mass is 16.5. The first-order valence-electron chi connectivity index (χ1n) is 7.07. The molecule has 0 amide bonds. The molecule has 1 saturated carbocycles. The van der Waals surface area contributed by atoms with Gasteiger partial charge in [-0.1, -0.05) is 19.3 Å². The number of H-pyrrole nitrogens is 1. The molecule has 1 heterocycles. The number of nitrogens with two attached hydrogens (primary N) is 1. The lowest BCUT2D eigenvalue weighted by Gasteiger charge is -2.28. The van der Waals surface area contributed by atoms with E-state index in [1.54, 1.807) is 7.11 Å². The predicted octanol–water partition coefficient (Wildman–Crippen LogP) is 1.54. The first kappa shape index (κ1) is 14.2. The summed E-state index contributed by atoms with van der Waals surface area (Å²) in [5.74, 6) is 1.11. The van der Waals surface area contributed by atoms with E-state index >= 15 is 0 Å². The molecule has 0 aliphatic heterocycles. The van der Waals surface area contributed by atoms with Crippen LogP contribution in [-0.2, 0) is 11.2 Å². The SMILES string of the molecule is COC(c1nc(CCN)cc(=O)[nH]1)C1CCCCC1. The second kappa shape index (κ2) is 6.82. The minimum Gasteiger partial charge on any atom is -0.373 e. The van der Waals surface area contributed by atoms with E-state index in [1.807, 2.05) is 0 Å². The monoisotopic (exact) mass is 265 g/mol. The first-order valence-corrected chi connectivity index (χ1v) is 7.07. The average molecular weight is 265 g/mol. The van der Waals surface area contributed by atoms with E-state index in [0.717, 1.165) is 18.5 Å². The maximum atomic E-state index is 11.7. The van der Waals surface area contributed by atoms with Crippen LogP contribution in [0.2, 0.25) is 0 Å². The quantitative estimate of drug-likeness (QED) is 0.846. The van der Waals surface area contributed by atoms with Crippen LogP contribution in [0.5, 0.6) is 0 Å². The predicted molar refractivity (Wildman–Crippen MR) is 73.9 cm³/mol. The van der Waals surface area contributed by atoms with Gasteiger partial charge in [0.2, 0.25) is 0 Å². The normalized spacial score (nSPS) is 18.4. The van der Waals surface area contributed by atoms with Gasteiger partial charge in [0.25, 0.3) is 5.56 Å². The lowest BCUT2D eigenvalue weighted by Crippen LogP contribution is -2.24. The zero-order valence-electron chi connectivity index (χ0n) is 11.5. The molecule has 5 nitrogen and oxygen atoms in total. The summed E-state index contributed by atoms with van der Waals surface area (Å²) in [7, 11) is 1.69. The number of hydrogen-bond donors (Lipinski definition) is 2. The molecule has 2 rings (SSSR count). The number of nitrogens with one attached hydrogen (secondary N) is 1. The largest absolute Gasteiger partial charge is 0.373 e. The van der Waals surface area contributed by atoms with Gasteiger partial charge in [-0.05, 0) is 25.3 Å². The molecule has 19 heavy (non-hydrogen) atoms. The number of ether oxygens (including phenoxy) is 1. The molecule has 1 atom stereocenters. The minimum atomic E-state index is -0.119. The number of aromatic amines is 1. The summed E-state index contributed by atoms with van der Waals surface area (Å²) >= 11 is 0. The summed E-state index contributed by atoms with van der Waals surface area (Å²) in [6, 6.07) is 1.52. The molecule has 1 aromatic heterocycles. The molecule has 1 aliphatic carbocycles. The topological polar surface area (TPSA) is 81.0 Å². The Kier molecular flexibility index (Phi) is 5.10. The summed E-state index contributed by atoms with van der Waals surface area (Å²) in [6.07, 6.45) is 6.56. The smallest absolute Gasteiger partial charge is 0.251 e. The van der Waals surface area contributed by atoms with E-state index in [2.05, 4.69) is 9.97 Å². The van der Waals surface area contributed by atoms with Gasteiger partial charge in [0.1, 0.15) is 11.9 Å². The standard InChI is InChI=1S/C14H23N3O2/c1-19-13(10-5-3-2-4-6-10)14-16-11(7-8-15)9-12(18)17-14/h9-10,13H,2-8,15H2,1H3,(H,16,17,18). The average Bonchev–Trinajstić information content (AvgIpc) is 2.40. The van der Waals surface area contributed by atoms with E-state index in [0.29, 0.717) is 24.7 Å². The number of methoxy groups -OCH3 is 1. The third-order valence-electron chi connectivity index (χ3n) is 3.81. The van der Waals surface area contributed by atoms with Gasteiger partial charge < -0.3 is 15.5 Å². The van der Waals surface area contributed by atoms with Crippen molar-refractivity contribution in [2.24, 2.45) is 11.7 Å². The van der Waals surface area contributed by atoms with E-state index in [4.69, 9.17) is 10.5 Å². The fourth-order valence-corrected chi connectivity index (χ4v) is 2.90. The molecule has 1 unspecified atom stereocenters. The molecular weight excluding hydrogens is 242 g/mol. The molecular formula is C14H23N3O2. The number of hydrogen-bond acceptors (Lipinski definition) is 4. The van der Waals surface area contributed by atoms with Crippen LogP contribution in [0.4, 0.5) is 0 Å². The van der Waals surface area contributed by atoms with Crippen LogP contribution in [0.25, 0.3) is 0 Å². The van der Waals surface area contributed by atoms with Crippen molar-refractivity contribution in [3.63, 3.8) is 0 Å². The van der Waals surface area contributed by atoms with Crippen molar-refractivity contribution in [2.45, 2.75) is 44.6 Å².